The minimum absolute atomic E-state index is 0.0838. The van der Waals surface area contributed by atoms with Gasteiger partial charge in [0.15, 0.2) is 0 Å². The molecule has 1 aliphatic heterocycles. The van der Waals surface area contributed by atoms with Crippen LogP contribution in [0.4, 0.5) is 0 Å². The number of rotatable bonds is 7. The van der Waals surface area contributed by atoms with Gasteiger partial charge in [-0.15, -0.1) is 0 Å². The van der Waals surface area contributed by atoms with Gasteiger partial charge in [-0.3, -0.25) is 14.5 Å². The number of carbonyl (C=O) groups is 1. The molecule has 7 nitrogen and oxygen atoms in total. The number of aryl methyl sites for hydroxylation is 1. The van der Waals surface area contributed by atoms with Crippen LogP contribution in [0.2, 0.25) is 0 Å². The van der Waals surface area contributed by atoms with E-state index in [0.717, 1.165) is 47.8 Å². The van der Waals surface area contributed by atoms with Crippen LogP contribution in [0.3, 0.4) is 0 Å². The molecule has 1 saturated heterocycles. The van der Waals surface area contributed by atoms with Gasteiger partial charge in [0.2, 0.25) is 5.91 Å². The van der Waals surface area contributed by atoms with Crippen LogP contribution in [0.1, 0.15) is 30.9 Å². The Kier molecular flexibility index (Phi) is 6.20. The third-order valence-electron chi connectivity index (χ3n) is 7.10. The summed E-state index contributed by atoms with van der Waals surface area (Å²) in [6.45, 7) is 7.41. The Hall–Kier alpha value is -3.45. The van der Waals surface area contributed by atoms with Crippen LogP contribution in [0.25, 0.3) is 21.8 Å². The molecule has 3 heterocycles. The summed E-state index contributed by atoms with van der Waals surface area (Å²) in [7, 11) is 0. The van der Waals surface area contributed by atoms with Gasteiger partial charge in [-0.2, -0.15) is 5.10 Å². The number of carbonyl (C=O) groups excluding carboxylic acids is 1. The fourth-order valence-electron chi connectivity index (χ4n) is 5.19. The van der Waals surface area contributed by atoms with E-state index in [2.05, 4.69) is 45.9 Å². The number of aromatic nitrogens is 3. The van der Waals surface area contributed by atoms with Crippen LogP contribution in [-0.4, -0.2) is 50.8 Å². The molecule has 4 aromatic rings. The second-order valence-electron chi connectivity index (χ2n) is 9.13. The van der Waals surface area contributed by atoms with Crippen molar-refractivity contribution in [1.29, 1.82) is 0 Å². The van der Waals surface area contributed by atoms with Crippen LogP contribution in [-0.2, 0) is 17.9 Å². The summed E-state index contributed by atoms with van der Waals surface area (Å²) < 4.78 is 3.35. The first kappa shape index (κ1) is 22.3. The molecule has 0 bridgehead atoms. The summed E-state index contributed by atoms with van der Waals surface area (Å²) in [5, 5.41) is 9.19. The predicted octanol–water partition coefficient (Wildman–Crippen LogP) is 3.31. The maximum absolute atomic E-state index is 13.6. The van der Waals surface area contributed by atoms with E-state index in [1.54, 1.807) is 6.20 Å². The van der Waals surface area contributed by atoms with Crippen LogP contribution >= 0.6 is 0 Å². The van der Waals surface area contributed by atoms with Gasteiger partial charge in [-0.25, -0.2) is 4.68 Å². The summed E-state index contributed by atoms with van der Waals surface area (Å²) in [6, 6.07) is 16.6. The Morgan fingerprint density at radius 3 is 2.74 bits per heavy atom. The second kappa shape index (κ2) is 9.43. The van der Waals surface area contributed by atoms with Gasteiger partial charge in [-0.1, -0.05) is 49.4 Å². The molecule has 0 aliphatic carbocycles. The molecule has 0 saturated carbocycles. The molecule has 2 aromatic heterocycles. The number of nitrogens with zero attached hydrogens (tertiary/aromatic N) is 4. The Bertz CT molecular complexity index is 1400. The highest BCUT2D eigenvalue weighted by atomic mass is 16.2. The molecular weight excluding hydrogens is 426 g/mol. The van der Waals surface area contributed by atoms with Crippen LogP contribution < -0.4 is 10.9 Å². The van der Waals surface area contributed by atoms with E-state index in [0.29, 0.717) is 24.6 Å². The van der Waals surface area contributed by atoms with Crippen molar-refractivity contribution in [1.82, 2.24) is 24.6 Å². The van der Waals surface area contributed by atoms with E-state index in [1.165, 1.54) is 10.2 Å². The number of fused-ring (bicyclic) bond motifs is 3. The maximum Gasteiger partial charge on any atom is 0.291 e. The van der Waals surface area contributed by atoms with Crippen LogP contribution in [0, 0.1) is 6.92 Å². The van der Waals surface area contributed by atoms with Crippen molar-refractivity contribution in [3.8, 4) is 0 Å². The highest BCUT2D eigenvalue weighted by Gasteiger charge is 2.23. The lowest BCUT2D eigenvalue weighted by Gasteiger charge is -2.22. The highest BCUT2D eigenvalue weighted by Crippen LogP contribution is 2.27. The molecule has 1 atom stereocenters. The average molecular weight is 458 g/mol. The lowest BCUT2D eigenvalue weighted by molar-refractivity contribution is -0.122. The Labute approximate surface area is 199 Å². The first-order chi connectivity index (χ1) is 16.6. The number of nitrogens with one attached hydrogen (secondary N) is 1. The van der Waals surface area contributed by atoms with Crippen molar-refractivity contribution in [3.05, 3.63) is 76.2 Å². The molecule has 1 N–H and O–H groups in total. The van der Waals surface area contributed by atoms with Gasteiger partial charge in [0, 0.05) is 35.4 Å². The normalized spacial score (nSPS) is 16.5. The number of likely N-dealkylation sites (N-methyl/N-ethyl adjacent to an activating group) is 1. The zero-order valence-electron chi connectivity index (χ0n) is 19.8. The molecule has 176 valence electrons. The second-order valence-corrected chi connectivity index (χ2v) is 9.13. The minimum Gasteiger partial charge on any atom is -0.353 e. The van der Waals surface area contributed by atoms with Gasteiger partial charge in [0.25, 0.3) is 5.56 Å². The molecule has 0 spiro atoms. The van der Waals surface area contributed by atoms with Crippen LogP contribution in [0.15, 0.2) is 59.5 Å². The topological polar surface area (TPSA) is 72.2 Å². The Morgan fingerprint density at radius 1 is 1.12 bits per heavy atom. The smallest absolute Gasteiger partial charge is 0.291 e. The number of likely N-dealkylation sites (tertiary alicyclic amines) is 1. The molecule has 2 aromatic carbocycles. The molecule has 1 fully saturated rings. The number of hydrogen-bond donors (Lipinski definition) is 1. The van der Waals surface area contributed by atoms with E-state index < -0.39 is 0 Å². The van der Waals surface area contributed by atoms with Crippen molar-refractivity contribution < 1.29 is 4.79 Å². The van der Waals surface area contributed by atoms with E-state index in [1.807, 2.05) is 36.4 Å². The zero-order chi connectivity index (χ0) is 23.7. The molecule has 1 amide bonds. The number of para-hydroxylation sites is 1. The predicted molar refractivity (Wildman–Crippen MR) is 135 cm³/mol. The molecule has 5 rings (SSSR count). The quantitative estimate of drug-likeness (QED) is 0.462. The maximum atomic E-state index is 13.6. The van der Waals surface area contributed by atoms with Gasteiger partial charge >= 0.3 is 0 Å². The summed E-state index contributed by atoms with van der Waals surface area (Å²) in [5.74, 6) is -0.182. The van der Waals surface area contributed by atoms with E-state index >= 15 is 0 Å². The summed E-state index contributed by atoms with van der Waals surface area (Å²) >= 11 is 0. The number of benzene rings is 2. The lowest BCUT2D eigenvalue weighted by Crippen LogP contribution is -2.42. The number of amides is 1. The molecule has 1 aliphatic rings. The Morgan fingerprint density at radius 2 is 1.91 bits per heavy atom. The fraction of sp³-hybridized carbons (Fsp3) is 0.370. The standard InChI is InChI=1S/C27H31N5O2/c1-3-30-14-8-11-21(30)15-28-25(33)18-32-27(34)26-23(16-29-32)22-12-6-7-13-24(22)31(26)17-20-10-5-4-9-19(20)2/h4-7,9-10,12-13,16,21H,3,8,11,14-15,17-18H2,1-2H3,(H,28,33)/t21-/m1/s1. The molecule has 7 heteroatoms. The minimum atomic E-state index is -0.242. The Balaban J connectivity index is 1.47. The largest absolute Gasteiger partial charge is 0.353 e. The van der Waals surface area contributed by atoms with Gasteiger partial charge in [0.05, 0.1) is 6.20 Å². The van der Waals surface area contributed by atoms with Gasteiger partial charge < -0.3 is 9.88 Å². The summed E-state index contributed by atoms with van der Waals surface area (Å²) in [4.78, 5) is 28.7. The fourth-order valence-corrected chi connectivity index (χ4v) is 5.19. The molecule has 34 heavy (non-hydrogen) atoms. The first-order valence-corrected chi connectivity index (χ1v) is 12.1. The monoisotopic (exact) mass is 457 g/mol. The van der Waals surface area contributed by atoms with Gasteiger partial charge in [0.1, 0.15) is 12.1 Å². The van der Waals surface area contributed by atoms with Crippen molar-refractivity contribution in [2.45, 2.75) is 45.8 Å². The molecular formula is C27H31N5O2. The summed E-state index contributed by atoms with van der Waals surface area (Å²) in [6.07, 6.45) is 3.98. The van der Waals surface area contributed by atoms with E-state index in [-0.39, 0.29) is 18.0 Å². The van der Waals surface area contributed by atoms with Crippen molar-refractivity contribution in [3.63, 3.8) is 0 Å². The zero-order valence-corrected chi connectivity index (χ0v) is 19.8. The molecule has 0 unspecified atom stereocenters. The van der Waals surface area contributed by atoms with Crippen molar-refractivity contribution in [2.75, 3.05) is 19.6 Å². The van der Waals surface area contributed by atoms with E-state index in [4.69, 9.17) is 0 Å². The third kappa shape index (κ3) is 4.12. The van der Waals surface area contributed by atoms with E-state index in [9.17, 15) is 9.59 Å². The SMILES string of the molecule is CCN1CCC[C@@H]1CNC(=O)Cn1ncc2c3ccccc3n(Cc3ccccc3C)c2c1=O. The van der Waals surface area contributed by atoms with Crippen molar-refractivity contribution >= 4 is 27.7 Å². The lowest BCUT2D eigenvalue weighted by atomic mass is 10.1. The average Bonchev–Trinajstić information content (AvgIpc) is 3.44. The first-order valence-electron chi connectivity index (χ1n) is 12.1. The van der Waals surface area contributed by atoms with Gasteiger partial charge in [-0.05, 0) is 50.0 Å². The van der Waals surface area contributed by atoms with Crippen LogP contribution in [0.5, 0.6) is 0 Å². The van der Waals surface area contributed by atoms with Crippen molar-refractivity contribution in [2.24, 2.45) is 0 Å². The number of hydrogen-bond acceptors (Lipinski definition) is 4. The highest BCUT2D eigenvalue weighted by molar-refractivity contribution is 6.07. The summed E-state index contributed by atoms with van der Waals surface area (Å²) in [5.41, 5.74) is 3.66. The molecule has 0 radical (unpaired) electrons. The third-order valence-corrected chi connectivity index (χ3v) is 7.10.